The van der Waals surface area contributed by atoms with Gasteiger partial charge in [0, 0.05) is 15.8 Å². The minimum absolute atomic E-state index is 0.282. The van der Waals surface area contributed by atoms with E-state index in [2.05, 4.69) is 0 Å². The summed E-state index contributed by atoms with van der Waals surface area (Å²) < 4.78 is 18.9. The fraction of sp³-hybridized carbons (Fsp3) is 0.333. The van der Waals surface area contributed by atoms with E-state index in [1.54, 1.807) is 6.07 Å². The van der Waals surface area contributed by atoms with Gasteiger partial charge < -0.3 is 4.55 Å². The highest BCUT2D eigenvalue weighted by Crippen LogP contribution is 2.19. The zero-order valence-corrected chi connectivity index (χ0v) is 9.70. The van der Waals surface area contributed by atoms with Crippen molar-refractivity contribution >= 4 is 34.3 Å². The minimum atomic E-state index is -1.72. The Hall–Kier alpha value is -0.0900. The van der Waals surface area contributed by atoms with Crippen molar-refractivity contribution in [2.45, 2.75) is 12.8 Å². The average Bonchev–Trinajstić information content (AvgIpc) is 2.01. The van der Waals surface area contributed by atoms with Gasteiger partial charge in [0.05, 0.1) is 0 Å². The summed E-state index contributed by atoms with van der Waals surface area (Å²) in [6, 6.07) is 5.29. The molecule has 0 saturated heterocycles. The van der Waals surface area contributed by atoms with Crippen molar-refractivity contribution in [2.75, 3.05) is 5.75 Å². The van der Waals surface area contributed by atoms with Crippen molar-refractivity contribution in [3.8, 4) is 0 Å². The van der Waals surface area contributed by atoms with Gasteiger partial charge in [0.15, 0.2) is 11.1 Å². The monoisotopic (exact) mass is 252 g/mol. The zero-order valence-electron chi connectivity index (χ0n) is 7.37. The summed E-state index contributed by atoms with van der Waals surface area (Å²) >= 11 is 9.88. The maximum atomic E-state index is 10.4. The summed E-state index contributed by atoms with van der Waals surface area (Å²) in [6.45, 7) is 0. The molecule has 0 bridgehead atoms. The Morgan fingerprint density at radius 1 is 1.21 bits per heavy atom. The molecule has 0 radical (unpaired) electrons. The summed E-state index contributed by atoms with van der Waals surface area (Å²) in [5.74, 6) is 0.282. The fourth-order valence-corrected chi connectivity index (χ4v) is 2.12. The van der Waals surface area contributed by atoms with Crippen molar-refractivity contribution in [1.29, 1.82) is 0 Å². The van der Waals surface area contributed by atoms with Gasteiger partial charge in [-0.1, -0.05) is 23.2 Å². The van der Waals surface area contributed by atoms with Crippen LogP contribution in [0.15, 0.2) is 18.2 Å². The van der Waals surface area contributed by atoms with E-state index in [4.69, 9.17) is 27.8 Å². The number of rotatable bonds is 4. The molecule has 0 aromatic heterocycles. The Kier molecular flexibility index (Phi) is 4.89. The van der Waals surface area contributed by atoms with E-state index in [1.165, 1.54) is 0 Å². The molecule has 0 saturated carbocycles. The van der Waals surface area contributed by atoms with Crippen LogP contribution in [0.2, 0.25) is 10.0 Å². The first-order valence-electron chi connectivity index (χ1n) is 4.10. The van der Waals surface area contributed by atoms with Crippen LogP contribution >= 0.6 is 23.2 Å². The van der Waals surface area contributed by atoms with Gasteiger partial charge in [-0.25, -0.2) is 4.21 Å². The van der Waals surface area contributed by atoms with Crippen LogP contribution in [0.3, 0.4) is 0 Å². The lowest BCUT2D eigenvalue weighted by Gasteiger charge is -2.01. The van der Waals surface area contributed by atoms with Crippen molar-refractivity contribution in [1.82, 2.24) is 0 Å². The van der Waals surface area contributed by atoms with Crippen molar-refractivity contribution in [3.05, 3.63) is 33.8 Å². The molecule has 78 valence electrons. The number of halogens is 2. The smallest absolute Gasteiger partial charge is 0.152 e. The molecule has 0 aliphatic rings. The predicted octanol–water partition coefficient (Wildman–Crippen LogP) is 3.15. The molecule has 0 aliphatic carbocycles. The maximum absolute atomic E-state index is 10.4. The van der Waals surface area contributed by atoms with Gasteiger partial charge in [0.25, 0.3) is 0 Å². The largest absolute Gasteiger partial charge is 0.306 e. The van der Waals surface area contributed by atoms with Crippen LogP contribution in [-0.4, -0.2) is 14.5 Å². The molecular formula is C9H10Cl2O2S. The van der Waals surface area contributed by atoms with Crippen molar-refractivity contribution in [3.63, 3.8) is 0 Å². The lowest BCUT2D eigenvalue weighted by atomic mass is 10.1. The topological polar surface area (TPSA) is 37.3 Å². The van der Waals surface area contributed by atoms with Crippen LogP contribution in [0.25, 0.3) is 0 Å². The number of hydrogen-bond acceptors (Lipinski definition) is 1. The molecule has 5 heteroatoms. The molecule has 14 heavy (non-hydrogen) atoms. The number of aryl methyl sites for hydroxylation is 1. The lowest BCUT2D eigenvalue weighted by Crippen LogP contribution is -1.97. The first-order valence-corrected chi connectivity index (χ1v) is 6.13. The SMILES string of the molecule is O=S(O)CCCc1cc(Cl)cc(Cl)c1. The molecule has 2 nitrogen and oxygen atoms in total. The molecule has 0 aliphatic heterocycles. The Bertz CT molecular complexity index is 321. The van der Waals surface area contributed by atoms with Crippen LogP contribution in [0.5, 0.6) is 0 Å². The zero-order chi connectivity index (χ0) is 10.6. The quantitative estimate of drug-likeness (QED) is 0.837. The van der Waals surface area contributed by atoms with E-state index < -0.39 is 11.1 Å². The summed E-state index contributed by atoms with van der Waals surface area (Å²) in [4.78, 5) is 0. The Labute approximate surface area is 95.5 Å². The van der Waals surface area contributed by atoms with E-state index in [9.17, 15) is 4.21 Å². The second kappa shape index (κ2) is 5.71. The standard InChI is InChI=1S/C9H10Cl2O2S/c10-8-4-7(5-9(11)6-8)2-1-3-14(12)13/h4-6H,1-3H2,(H,12,13). The van der Waals surface area contributed by atoms with Crippen LogP contribution in [0.1, 0.15) is 12.0 Å². The Morgan fingerprint density at radius 2 is 1.79 bits per heavy atom. The molecule has 0 heterocycles. The summed E-state index contributed by atoms with van der Waals surface area (Å²) in [5, 5.41) is 1.19. The highest BCUT2D eigenvalue weighted by molar-refractivity contribution is 7.79. The van der Waals surface area contributed by atoms with E-state index in [0.717, 1.165) is 5.56 Å². The third-order valence-corrected chi connectivity index (χ3v) is 2.78. The third-order valence-electron chi connectivity index (χ3n) is 1.71. The summed E-state index contributed by atoms with van der Waals surface area (Å²) in [7, 11) is 0. The van der Waals surface area contributed by atoms with Gasteiger partial charge in [-0.3, -0.25) is 0 Å². The van der Waals surface area contributed by atoms with Gasteiger partial charge in [-0.2, -0.15) is 0 Å². The molecule has 1 rings (SSSR count). The molecule has 1 aromatic rings. The molecule has 0 spiro atoms. The normalized spacial score (nSPS) is 12.8. The third kappa shape index (κ3) is 4.42. The van der Waals surface area contributed by atoms with Gasteiger partial charge in [0.1, 0.15) is 0 Å². The maximum Gasteiger partial charge on any atom is 0.152 e. The van der Waals surface area contributed by atoms with E-state index in [-0.39, 0.29) is 5.75 Å². The Morgan fingerprint density at radius 3 is 2.29 bits per heavy atom. The average molecular weight is 253 g/mol. The van der Waals surface area contributed by atoms with Crippen LogP contribution < -0.4 is 0 Å². The highest BCUT2D eigenvalue weighted by Gasteiger charge is 1.99. The minimum Gasteiger partial charge on any atom is -0.306 e. The summed E-state index contributed by atoms with van der Waals surface area (Å²) in [6.07, 6.45) is 1.37. The molecular weight excluding hydrogens is 243 g/mol. The second-order valence-electron chi connectivity index (χ2n) is 2.91. The highest BCUT2D eigenvalue weighted by atomic mass is 35.5. The molecule has 1 N–H and O–H groups in total. The van der Waals surface area contributed by atoms with Crippen LogP contribution in [0.4, 0.5) is 0 Å². The number of benzene rings is 1. The fourth-order valence-electron chi connectivity index (χ4n) is 1.16. The lowest BCUT2D eigenvalue weighted by molar-refractivity contribution is 0.561. The number of hydrogen-bond donors (Lipinski definition) is 1. The van der Waals surface area contributed by atoms with Crippen molar-refractivity contribution < 1.29 is 8.76 Å². The van der Waals surface area contributed by atoms with E-state index in [0.29, 0.717) is 22.9 Å². The van der Waals surface area contributed by atoms with Gasteiger partial charge in [-0.05, 0) is 36.6 Å². The van der Waals surface area contributed by atoms with E-state index >= 15 is 0 Å². The molecule has 1 aromatic carbocycles. The summed E-state index contributed by atoms with van der Waals surface area (Å²) in [5.41, 5.74) is 0.993. The second-order valence-corrected chi connectivity index (χ2v) is 4.83. The van der Waals surface area contributed by atoms with Crippen LogP contribution in [-0.2, 0) is 17.5 Å². The molecule has 0 amide bonds. The van der Waals surface area contributed by atoms with Crippen molar-refractivity contribution in [2.24, 2.45) is 0 Å². The first-order chi connectivity index (χ1) is 6.58. The van der Waals surface area contributed by atoms with Gasteiger partial charge in [0.2, 0.25) is 0 Å². The molecule has 1 atom stereocenters. The predicted molar refractivity (Wildman–Crippen MR) is 60.4 cm³/mol. The van der Waals surface area contributed by atoms with Gasteiger partial charge >= 0.3 is 0 Å². The van der Waals surface area contributed by atoms with Gasteiger partial charge in [-0.15, -0.1) is 0 Å². The Balaban J connectivity index is 2.54. The van der Waals surface area contributed by atoms with Crippen LogP contribution in [0, 0.1) is 0 Å². The molecule has 1 unspecified atom stereocenters. The first kappa shape index (κ1) is 12.0. The molecule has 0 fully saturated rings. The van der Waals surface area contributed by atoms with E-state index in [1.807, 2.05) is 12.1 Å².